The highest BCUT2D eigenvalue weighted by molar-refractivity contribution is 7.99. The third kappa shape index (κ3) is 5.26. The van der Waals surface area contributed by atoms with Gasteiger partial charge in [-0.1, -0.05) is 37.7 Å². The van der Waals surface area contributed by atoms with Crippen molar-refractivity contribution in [2.75, 3.05) is 30.0 Å². The highest BCUT2D eigenvalue weighted by Gasteiger charge is 2.23. The Morgan fingerprint density at radius 3 is 2.50 bits per heavy atom. The van der Waals surface area contributed by atoms with Gasteiger partial charge in [-0.3, -0.25) is 4.79 Å². The van der Waals surface area contributed by atoms with Crippen molar-refractivity contribution in [2.24, 2.45) is 0 Å². The molecule has 0 bridgehead atoms. The van der Waals surface area contributed by atoms with Gasteiger partial charge in [0.1, 0.15) is 23.9 Å². The molecule has 2 heterocycles. The SMILES string of the molecule is CC(C)c1ccc(S(=O)(=O)c2cnc(SCC(=O)Nc3ccc4c(c3)OCCO4)nc2N)cc1. The first-order valence-corrected chi connectivity index (χ1v) is 13.0. The molecular formula is C23H24N4O5S2. The third-order valence-corrected chi connectivity index (χ3v) is 7.71. The molecule has 2 aromatic carbocycles. The molecule has 0 aliphatic carbocycles. The molecule has 34 heavy (non-hydrogen) atoms. The van der Waals surface area contributed by atoms with Gasteiger partial charge in [0.05, 0.1) is 16.8 Å². The van der Waals surface area contributed by atoms with Gasteiger partial charge in [0.25, 0.3) is 0 Å². The Kier molecular flexibility index (Phi) is 6.94. The van der Waals surface area contributed by atoms with Crippen LogP contribution < -0.4 is 20.5 Å². The van der Waals surface area contributed by atoms with Crippen molar-refractivity contribution in [1.29, 1.82) is 0 Å². The zero-order valence-electron chi connectivity index (χ0n) is 18.6. The molecule has 0 fully saturated rings. The number of ether oxygens (including phenoxy) is 2. The number of carbonyl (C=O) groups is 1. The topological polar surface area (TPSA) is 134 Å². The minimum Gasteiger partial charge on any atom is -0.486 e. The number of nitrogens with one attached hydrogen (secondary N) is 1. The number of carbonyl (C=O) groups excluding carboxylic acids is 1. The third-order valence-electron chi connectivity index (χ3n) is 5.07. The zero-order chi connectivity index (χ0) is 24.3. The first-order valence-electron chi connectivity index (χ1n) is 10.5. The molecular weight excluding hydrogens is 476 g/mol. The van der Waals surface area contributed by atoms with E-state index in [1.165, 1.54) is 6.20 Å². The second-order valence-corrected chi connectivity index (χ2v) is 10.7. The van der Waals surface area contributed by atoms with Crippen LogP contribution in [0, 0.1) is 0 Å². The van der Waals surface area contributed by atoms with Crippen LogP contribution in [-0.4, -0.2) is 43.3 Å². The number of benzene rings is 2. The number of hydrogen-bond donors (Lipinski definition) is 2. The van der Waals surface area contributed by atoms with E-state index in [2.05, 4.69) is 15.3 Å². The van der Waals surface area contributed by atoms with E-state index < -0.39 is 9.84 Å². The summed E-state index contributed by atoms with van der Waals surface area (Å²) in [4.78, 5) is 20.5. The van der Waals surface area contributed by atoms with Crippen molar-refractivity contribution in [2.45, 2.75) is 34.7 Å². The van der Waals surface area contributed by atoms with E-state index in [-0.39, 0.29) is 38.3 Å². The maximum Gasteiger partial charge on any atom is 0.234 e. The smallest absolute Gasteiger partial charge is 0.234 e. The molecule has 11 heteroatoms. The number of nitrogens with zero attached hydrogens (tertiary/aromatic N) is 2. The minimum atomic E-state index is -3.87. The predicted molar refractivity (Wildman–Crippen MR) is 129 cm³/mol. The largest absolute Gasteiger partial charge is 0.486 e. The molecule has 3 aromatic rings. The highest BCUT2D eigenvalue weighted by Crippen LogP contribution is 2.33. The van der Waals surface area contributed by atoms with E-state index in [0.717, 1.165) is 17.3 Å². The number of anilines is 2. The molecule has 0 saturated heterocycles. The molecule has 4 rings (SSSR count). The summed E-state index contributed by atoms with van der Waals surface area (Å²) in [6, 6.07) is 11.8. The monoisotopic (exact) mass is 500 g/mol. The molecule has 1 aliphatic heterocycles. The molecule has 3 N–H and O–H groups in total. The molecule has 1 aromatic heterocycles. The van der Waals surface area contributed by atoms with Crippen molar-refractivity contribution in [3.63, 3.8) is 0 Å². The summed E-state index contributed by atoms with van der Waals surface area (Å²) in [5.74, 6) is 1.05. The average Bonchev–Trinajstić information content (AvgIpc) is 2.82. The Morgan fingerprint density at radius 1 is 1.12 bits per heavy atom. The molecule has 1 aliphatic rings. The molecule has 0 radical (unpaired) electrons. The summed E-state index contributed by atoms with van der Waals surface area (Å²) < 4.78 is 36.9. The Balaban J connectivity index is 1.40. The number of amides is 1. The van der Waals surface area contributed by atoms with Crippen LogP contribution in [-0.2, 0) is 14.6 Å². The number of rotatable bonds is 7. The Hall–Kier alpha value is -3.31. The fraction of sp³-hybridized carbons (Fsp3) is 0.261. The summed E-state index contributed by atoms with van der Waals surface area (Å²) in [7, 11) is -3.87. The quantitative estimate of drug-likeness (QED) is 0.369. The Labute approximate surface area is 202 Å². The maximum atomic E-state index is 13.0. The number of nitrogens with two attached hydrogens (primary N) is 1. The van der Waals surface area contributed by atoms with Crippen LogP contribution in [0.15, 0.2) is 63.6 Å². The van der Waals surface area contributed by atoms with Gasteiger partial charge in [0.15, 0.2) is 16.7 Å². The lowest BCUT2D eigenvalue weighted by molar-refractivity contribution is -0.113. The maximum absolute atomic E-state index is 13.0. The van der Waals surface area contributed by atoms with Gasteiger partial charge in [0, 0.05) is 11.8 Å². The zero-order valence-corrected chi connectivity index (χ0v) is 20.3. The molecule has 1 amide bonds. The first-order chi connectivity index (χ1) is 16.2. The molecule has 178 valence electrons. The Bertz CT molecular complexity index is 1310. The van der Waals surface area contributed by atoms with E-state index in [0.29, 0.717) is 30.4 Å². The lowest BCUT2D eigenvalue weighted by Crippen LogP contribution is -2.17. The molecule has 0 atom stereocenters. The van der Waals surface area contributed by atoms with E-state index in [9.17, 15) is 13.2 Å². The molecule has 9 nitrogen and oxygen atoms in total. The number of fused-ring (bicyclic) bond motifs is 1. The van der Waals surface area contributed by atoms with Gasteiger partial charge < -0.3 is 20.5 Å². The van der Waals surface area contributed by atoms with Crippen molar-refractivity contribution in [3.8, 4) is 11.5 Å². The highest BCUT2D eigenvalue weighted by atomic mass is 32.2. The number of thioether (sulfide) groups is 1. The van der Waals surface area contributed by atoms with Crippen LogP contribution in [0.1, 0.15) is 25.3 Å². The number of hydrogen-bond acceptors (Lipinski definition) is 9. The van der Waals surface area contributed by atoms with E-state index in [1.54, 1.807) is 42.5 Å². The standard InChI is InChI=1S/C23H24N4O5S2/c1-14(2)15-3-6-17(7-4-15)34(29,30)20-12-25-23(27-22(20)24)33-13-21(28)26-16-5-8-18-19(11-16)32-10-9-31-18/h3-8,11-12,14H,9-10,13H2,1-2H3,(H,26,28)(H2,24,25,27). The van der Waals surface area contributed by atoms with Crippen molar-refractivity contribution in [1.82, 2.24) is 9.97 Å². The molecule has 0 unspecified atom stereocenters. The Morgan fingerprint density at radius 2 is 1.82 bits per heavy atom. The van der Waals surface area contributed by atoms with Crippen molar-refractivity contribution < 1.29 is 22.7 Å². The van der Waals surface area contributed by atoms with Gasteiger partial charge in [-0.05, 0) is 35.7 Å². The lowest BCUT2D eigenvalue weighted by atomic mass is 10.0. The van der Waals surface area contributed by atoms with Crippen LogP contribution in [0.4, 0.5) is 11.5 Å². The van der Waals surface area contributed by atoms with Crippen LogP contribution in [0.5, 0.6) is 11.5 Å². The second kappa shape index (κ2) is 9.90. The van der Waals surface area contributed by atoms with Gasteiger partial charge in [-0.15, -0.1) is 0 Å². The number of nitrogen functional groups attached to an aromatic ring is 1. The van der Waals surface area contributed by atoms with E-state index in [1.807, 2.05) is 13.8 Å². The molecule has 0 saturated carbocycles. The summed E-state index contributed by atoms with van der Waals surface area (Å²) in [6.07, 6.45) is 1.18. The fourth-order valence-electron chi connectivity index (χ4n) is 3.25. The van der Waals surface area contributed by atoms with Crippen molar-refractivity contribution in [3.05, 3.63) is 54.2 Å². The minimum absolute atomic E-state index is 0.0106. The van der Waals surface area contributed by atoms with Gasteiger partial charge in [-0.2, -0.15) is 0 Å². The number of sulfone groups is 1. The van der Waals surface area contributed by atoms with Crippen LogP contribution >= 0.6 is 11.8 Å². The fourth-order valence-corrected chi connectivity index (χ4v) is 5.13. The van der Waals surface area contributed by atoms with Gasteiger partial charge in [0.2, 0.25) is 15.7 Å². The number of aromatic nitrogens is 2. The second-order valence-electron chi connectivity index (χ2n) is 7.82. The summed E-state index contributed by atoms with van der Waals surface area (Å²) in [5.41, 5.74) is 7.55. The predicted octanol–water partition coefficient (Wildman–Crippen LogP) is 3.52. The summed E-state index contributed by atoms with van der Waals surface area (Å²) in [6.45, 7) is 5.00. The normalized spacial score (nSPS) is 13.0. The van der Waals surface area contributed by atoms with Crippen LogP contribution in [0.2, 0.25) is 0 Å². The first kappa shape index (κ1) is 23.8. The summed E-state index contributed by atoms with van der Waals surface area (Å²) >= 11 is 1.05. The van der Waals surface area contributed by atoms with E-state index in [4.69, 9.17) is 15.2 Å². The average molecular weight is 501 g/mol. The van der Waals surface area contributed by atoms with Crippen LogP contribution in [0.25, 0.3) is 0 Å². The van der Waals surface area contributed by atoms with E-state index >= 15 is 0 Å². The summed E-state index contributed by atoms with van der Waals surface area (Å²) in [5, 5.41) is 2.97. The van der Waals surface area contributed by atoms with Crippen molar-refractivity contribution >= 4 is 39.0 Å². The lowest BCUT2D eigenvalue weighted by Gasteiger charge is -2.18. The van der Waals surface area contributed by atoms with Crippen LogP contribution in [0.3, 0.4) is 0 Å². The van der Waals surface area contributed by atoms with Gasteiger partial charge in [-0.25, -0.2) is 18.4 Å². The van der Waals surface area contributed by atoms with Gasteiger partial charge >= 0.3 is 0 Å². The molecule has 0 spiro atoms.